The highest BCUT2D eigenvalue weighted by molar-refractivity contribution is 7.13. The summed E-state index contributed by atoms with van der Waals surface area (Å²) in [6.07, 6.45) is 0. The maximum Gasteiger partial charge on any atom is 0.320 e. The van der Waals surface area contributed by atoms with Gasteiger partial charge in [-0.2, -0.15) is 0 Å². The Morgan fingerprint density at radius 1 is 1.65 bits per heavy atom. The Balaban J connectivity index is 1.97. The zero-order valence-electron chi connectivity index (χ0n) is 9.08. The van der Waals surface area contributed by atoms with Crippen LogP contribution in [0.4, 0.5) is 0 Å². The van der Waals surface area contributed by atoms with Crippen molar-refractivity contribution in [3.05, 3.63) is 23.4 Å². The summed E-state index contributed by atoms with van der Waals surface area (Å²) >= 11 is 1.51. The monoisotopic (exact) mass is 253 g/mol. The van der Waals surface area contributed by atoms with Crippen LogP contribution in [0.5, 0.6) is 0 Å². The molecule has 0 bridgehead atoms. The molecule has 0 unspecified atom stereocenters. The number of carboxylic acids is 1. The smallest absolute Gasteiger partial charge is 0.320 e. The molecule has 0 aromatic carbocycles. The summed E-state index contributed by atoms with van der Waals surface area (Å²) < 4.78 is 5.39. The molecular weight excluding hydrogens is 242 g/mol. The van der Waals surface area contributed by atoms with E-state index in [4.69, 9.17) is 9.52 Å². The van der Waals surface area contributed by atoms with Gasteiger partial charge < -0.3 is 9.52 Å². The fourth-order valence-electron chi connectivity index (χ4n) is 1.15. The van der Waals surface area contributed by atoms with Crippen LogP contribution < -0.4 is 5.32 Å². The maximum atomic E-state index is 10.6. The molecule has 0 aliphatic heterocycles. The van der Waals surface area contributed by atoms with Gasteiger partial charge in [0, 0.05) is 0 Å². The molecule has 2 heterocycles. The van der Waals surface area contributed by atoms with Gasteiger partial charge in [0.1, 0.15) is 6.04 Å². The first-order valence-electron chi connectivity index (χ1n) is 4.99. The number of aromatic nitrogens is 2. The van der Waals surface area contributed by atoms with Crippen molar-refractivity contribution in [2.24, 2.45) is 0 Å². The number of nitrogens with zero attached hydrogens (tertiary/aromatic N) is 2. The summed E-state index contributed by atoms with van der Waals surface area (Å²) in [5.41, 5.74) is 0. The number of carbonyl (C=O) groups is 1. The molecule has 17 heavy (non-hydrogen) atoms. The van der Waals surface area contributed by atoms with Crippen molar-refractivity contribution in [1.29, 1.82) is 0 Å². The lowest BCUT2D eigenvalue weighted by molar-refractivity contribution is -0.139. The Kier molecular flexibility index (Phi) is 3.50. The molecule has 0 saturated heterocycles. The maximum absolute atomic E-state index is 10.6. The van der Waals surface area contributed by atoms with Gasteiger partial charge >= 0.3 is 5.97 Å². The van der Waals surface area contributed by atoms with Crippen LogP contribution in [-0.4, -0.2) is 27.3 Å². The lowest BCUT2D eigenvalue weighted by Crippen LogP contribution is -2.33. The molecule has 6 nitrogen and oxygen atoms in total. The average Bonchev–Trinajstić information content (AvgIpc) is 2.95. The van der Waals surface area contributed by atoms with Gasteiger partial charge in [0.25, 0.3) is 5.89 Å². The largest absolute Gasteiger partial charge is 0.480 e. The molecule has 0 fully saturated rings. The van der Waals surface area contributed by atoms with E-state index in [0.717, 1.165) is 4.88 Å². The lowest BCUT2D eigenvalue weighted by atomic mass is 10.3. The zero-order valence-corrected chi connectivity index (χ0v) is 9.90. The van der Waals surface area contributed by atoms with Crippen molar-refractivity contribution >= 4 is 17.3 Å². The van der Waals surface area contributed by atoms with E-state index in [9.17, 15) is 4.79 Å². The summed E-state index contributed by atoms with van der Waals surface area (Å²) in [5, 5.41) is 21.1. The normalized spacial score (nSPS) is 12.5. The van der Waals surface area contributed by atoms with Crippen LogP contribution in [-0.2, 0) is 11.3 Å². The minimum Gasteiger partial charge on any atom is -0.480 e. The number of carboxylic acid groups (broad SMARTS) is 1. The van der Waals surface area contributed by atoms with Crippen LogP contribution in [0.1, 0.15) is 12.8 Å². The summed E-state index contributed by atoms with van der Waals surface area (Å²) in [5.74, 6) is -0.0794. The van der Waals surface area contributed by atoms with E-state index in [-0.39, 0.29) is 6.54 Å². The van der Waals surface area contributed by atoms with Gasteiger partial charge in [-0.05, 0) is 18.4 Å². The fourth-order valence-corrected chi connectivity index (χ4v) is 1.80. The second-order valence-electron chi connectivity index (χ2n) is 3.42. The molecule has 2 rings (SSSR count). The number of rotatable bonds is 5. The number of hydrogen-bond acceptors (Lipinski definition) is 6. The molecule has 0 aliphatic rings. The van der Waals surface area contributed by atoms with E-state index in [2.05, 4.69) is 15.5 Å². The average molecular weight is 253 g/mol. The van der Waals surface area contributed by atoms with Gasteiger partial charge in [-0.3, -0.25) is 10.1 Å². The van der Waals surface area contributed by atoms with Crippen LogP contribution in [0.15, 0.2) is 21.9 Å². The van der Waals surface area contributed by atoms with Gasteiger partial charge in [-0.15, -0.1) is 21.5 Å². The van der Waals surface area contributed by atoms with Crippen LogP contribution in [0.2, 0.25) is 0 Å². The predicted molar refractivity (Wildman–Crippen MR) is 61.5 cm³/mol. The molecule has 7 heteroatoms. The number of hydrogen-bond donors (Lipinski definition) is 2. The van der Waals surface area contributed by atoms with Crippen molar-refractivity contribution in [2.45, 2.75) is 19.5 Å². The van der Waals surface area contributed by atoms with Crippen LogP contribution in [0.25, 0.3) is 10.8 Å². The van der Waals surface area contributed by atoms with Crippen LogP contribution >= 0.6 is 11.3 Å². The molecular formula is C10H11N3O3S. The summed E-state index contributed by atoms with van der Waals surface area (Å²) in [4.78, 5) is 11.5. The Morgan fingerprint density at radius 2 is 2.47 bits per heavy atom. The van der Waals surface area contributed by atoms with Crippen molar-refractivity contribution < 1.29 is 14.3 Å². The Bertz CT molecular complexity index is 495. The Labute approximate surface area is 101 Å². The summed E-state index contributed by atoms with van der Waals surface area (Å²) in [6.45, 7) is 1.80. The number of thiophene rings is 1. The predicted octanol–water partition coefficient (Wildman–Crippen LogP) is 1.36. The lowest BCUT2D eigenvalue weighted by Gasteiger charge is -2.05. The summed E-state index contributed by atoms with van der Waals surface area (Å²) in [6, 6.07) is 3.14. The molecule has 0 spiro atoms. The molecule has 0 aliphatic carbocycles. The first-order valence-corrected chi connectivity index (χ1v) is 5.87. The van der Waals surface area contributed by atoms with Gasteiger partial charge in [0.05, 0.1) is 11.4 Å². The molecule has 2 N–H and O–H groups in total. The quantitative estimate of drug-likeness (QED) is 0.836. The van der Waals surface area contributed by atoms with Crippen molar-refractivity contribution in [3.8, 4) is 10.8 Å². The zero-order chi connectivity index (χ0) is 12.3. The van der Waals surface area contributed by atoms with Gasteiger partial charge in [0.15, 0.2) is 0 Å². The Hall–Kier alpha value is -1.73. The van der Waals surface area contributed by atoms with E-state index in [1.165, 1.54) is 11.3 Å². The van der Waals surface area contributed by atoms with Gasteiger partial charge in [-0.25, -0.2) is 0 Å². The molecule has 0 radical (unpaired) electrons. The second-order valence-corrected chi connectivity index (χ2v) is 4.37. The van der Waals surface area contributed by atoms with E-state index in [1.54, 1.807) is 6.92 Å². The second kappa shape index (κ2) is 5.07. The van der Waals surface area contributed by atoms with Crippen molar-refractivity contribution in [3.63, 3.8) is 0 Å². The van der Waals surface area contributed by atoms with Crippen LogP contribution in [0.3, 0.4) is 0 Å². The highest BCUT2D eigenvalue weighted by Gasteiger charge is 2.13. The third-order valence-electron chi connectivity index (χ3n) is 2.13. The number of nitrogens with one attached hydrogen (secondary N) is 1. The SMILES string of the molecule is C[C@H](NCc1nnc(-c2cccs2)o1)C(=O)O. The molecule has 2 aromatic rings. The van der Waals surface area contributed by atoms with Crippen molar-refractivity contribution in [2.75, 3.05) is 0 Å². The van der Waals surface area contributed by atoms with E-state index < -0.39 is 12.0 Å². The molecule has 2 aromatic heterocycles. The standard InChI is InChI=1S/C10H11N3O3S/c1-6(10(14)15)11-5-8-12-13-9(16-8)7-3-2-4-17-7/h2-4,6,11H,5H2,1H3,(H,14,15)/t6-/m0/s1. The molecule has 90 valence electrons. The first-order chi connectivity index (χ1) is 8.16. The van der Waals surface area contributed by atoms with Crippen LogP contribution in [0, 0.1) is 0 Å². The van der Waals surface area contributed by atoms with Gasteiger partial charge in [-0.1, -0.05) is 6.07 Å². The molecule has 1 atom stereocenters. The summed E-state index contributed by atoms with van der Waals surface area (Å²) in [7, 11) is 0. The topological polar surface area (TPSA) is 88.3 Å². The van der Waals surface area contributed by atoms with Gasteiger partial charge in [0.2, 0.25) is 5.89 Å². The van der Waals surface area contributed by atoms with E-state index in [1.807, 2.05) is 17.5 Å². The third kappa shape index (κ3) is 2.89. The highest BCUT2D eigenvalue weighted by Crippen LogP contribution is 2.22. The minimum absolute atomic E-state index is 0.242. The van der Waals surface area contributed by atoms with E-state index in [0.29, 0.717) is 11.8 Å². The van der Waals surface area contributed by atoms with Crippen molar-refractivity contribution in [1.82, 2.24) is 15.5 Å². The number of aliphatic carboxylic acids is 1. The minimum atomic E-state index is -0.914. The van der Waals surface area contributed by atoms with E-state index >= 15 is 0 Å². The molecule has 0 saturated carbocycles. The Morgan fingerprint density at radius 3 is 3.12 bits per heavy atom. The third-order valence-corrected chi connectivity index (χ3v) is 2.99. The first kappa shape index (κ1) is 11.7. The highest BCUT2D eigenvalue weighted by atomic mass is 32.1. The molecule has 0 amide bonds. The fraction of sp³-hybridized carbons (Fsp3) is 0.300.